The van der Waals surface area contributed by atoms with Crippen molar-refractivity contribution in [3.8, 4) is 0 Å². The van der Waals surface area contributed by atoms with Gasteiger partial charge in [-0.15, -0.1) is 6.07 Å². The quantitative estimate of drug-likeness (QED) is 0.387. The van der Waals surface area contributed by atoms with Gasteiger partial charge in [0.15, 0.2) is 0 Å². The van der Waals surface area contributed by atoms with E-state index in [-0.39, 0.29) is 36.7 Å². The third kappa shape index (κ3) is 13.5. The van der Waals surface area contributed by atoms with E-state index < -0.39 is 0 Å². The van der Waals surface area contributed by atoms with Gasteiger partial charge >= 0.3 is 31.1 Å². The standard InChI is InChI=1S/C9H6O2.3C2H6.U/c10-6-9(7-11)8-4-2-1-3-5-8;3*1-2;/h1-4,6,10H;3*1-2H3;/q-2;;;;+2/b9-6+;;;;. The zero-order chi connectivity index (χ0) is 14.1. The van der Waals surface area contributed by atoms with E-state index in [9.17, 15) is 4.79 Å². The molecule has 0 aliphatic rings. The summed E-state index contributed by atoms with van der Waals surface area (Å²) in [5.74, 6) is 0. The molecule has 0 radical (unpaired) electrons. The fraction of sp³-hybridized carbons (Fsp3) is 0.400. The first-order valence-corrected chi connectivity index (χ1v) is 6.08. The first-order chi connectivity index (χ1) is 8.38. The Balaban J connectivity index is -0.000000123. The summed E-state index contributed by atoms with van der Waals surface area (Å²) in [6.45, 7) is 12.0. The molecule has 0 saturated heterocycles. The van der Waals surface area contributed by atoms with Gasteiger partial charge in [0.25, 0.3) is 0 Å². The minimum absolute atomic E-state index is 0. The molecule has 1 rings (SSSR count). The smallest absolute Gasteiger partial charge is 0.582 e. The predicted molar refractivity (Wildman–Crippen MR) is 75.6 cm³/mol. The van der Waals surface area contributed by atoms with E-state index >= 15 is 0 Å². The average molecular weight is 474 g/mol. The van der Waals surface area contributed by atoms with Gasteiger partial charge in [-0.1, -0.05) is 47.8 Å². The second-order valence-corrected chi connectivity index (χ2v) is 1.92. The molecule has 0 aliphatic carbocycles. The van der Waals surface area contributed by atoms with Crippen LogP contribution in [0.15, 0.2) is 30.5 Å². The number of hydrogen-bond acceptors (Lipinski definition) is 2. The molecule has 0 bridgehead atoms. The van der Waals surface area contributed by atoms with Crippen LogP contribution < -0.4 is 0 Å². The first-order valence-electron chi connectivity index (χ1n) is 6.08. The molecule has 1 N–H and O–H groups in total. The summed E-state index contributed by atoms with van der Waals surface area (Å²) < 4.78 is 0. The summed E-state index contributed by atoms with van der Waals surface area (Å²) in [6, 6.07) is 9.65. The normalized spacial score (nSPS) is 7.78. The number of aliphatic hydroxyl groups excluding tert-OH is 1. The molecule has 0 atom stereocenters. The number of carbonyl (C=O) groups excluding carboxylic acids is 1. The molecule has 2 nitrogen and oxygen atoms in total. The topological polar surface area (TPSA) is 37.3 Å². The fourth-order valence-corrected chi connectivity index (χ4v) is 0.712. The van der Waals surface area contributed by atoms with Crippen molar-refractivity contribution in [2.24, 2.45) is 0 Å². The van der Waals surface area contributed by atoms with Crippen molar-refractivity contribution in [2.45, 2.75) is 41.5 Å². The molecular formula is C15H24O2U. The minimum atomic E-state index is 0. The number of rotatable bonds is 2. The van der Waals surface area contributed by atoms with Crippen LogP contribution >= 0.6 is 0 Å². The van der Waals surface area contributed by atoms with Crippen molar-refractivity contribution >= 4 is 11.9 Å². The Morgan fingerprint density at radius 1 is 1.17 bits per heavy atom. The third-order valence-corrected chi connectivity index (χ3v) is 1.24. The number of hydrogen-bond donors (Lipinski definition) is 1. The zero-order valence-corrected chi connectivity index (χ0v) is 16.4. The molecule has 0 aromatic heterocycles. The van der Waals surface area contributed by atoms with Gasteiger partial charge in [0.1, 0.15) is 0 Å². The van der Waals surface area contributed by atoms with Crippen molar-refractivity contribution < 1.29 is 41.0 Å². The van der Waals surface area contributed by atoms with Gasteiger partial charge in [0.05, 0.1) is 0 Å². The molecule has 1 aromatic rings. The largest absolute Gasteiger partial charge is 2.00 e. The Bertz CT molecular complexity index is 269. The Hall–Kier alpha value is -0.518. The Kier molecular flexibility index (Phi) is 36.8. The Labute approximate surface area is 136 Å². The minimum Gasteiger partial charge on any atom is -0.582 e. The van der Waals surface area contributed by atoms with E-state index in [2.05, 4.69) is 6.07 Å². The van der Waals surface area contributed by atoms with Gasteiger partial charge in [-0.2, -0.15) is 17.7 Å². The van der Waals surface area contributed by atoms with Gasteiger partial charge in [-0.3, -0.25) is 0 Å². The van der Waals surface area contributed by atoms with Crippen molar-refractivity contribution in [2.75, 3.05) is 0 Å². The second-order valence-electron chi connectivity index (χ2n) is 1.92. The molecule has 0 fully saturated rings. The number of allylic oxidation sites excluding steroid dienone is 1. The molecular weight excluding hydrogens is 450 g/mol. The molecule has 0 spiro atoms. The van der Waals surface area contributed by atoms with E-state index in [0.29, 0.717) is 5.56 Å². The molecule has 100 valence electrons. The summed E-state index contributed by atoms with van der Waals surface area (Å²) in [4.78, 5) is 10.2. The van der Waals surface area contributed by atoms with E-state index in [1.54, 1.807) is 30.6 Å². The van der Waals surface area contributed by atoms with E-state index in [1.165, 1.54) is 0 Å². The summed E-state index contributed by atoms with van der Waals surface area (Å²) >= 11 is 0. The van der Waals surface area contributed by atoms with Crippen LogP contribution in [0, 0.1) is 37.2 Å². The molecule has 3 heteroatoms. The van der Waals surface area contributed by atoms with E-state index in [1.807, 2.05) is 41.5 Å². The second kappa shape index (κ2) is 25.4. The molecule has 18 heavy (non-hydrogen) atoms. The molecule has 0 saturated carbocycles. The van der Waals surface area contributed by atoms with Crippen molar-refractivity contribution in [3.05, 3.63) is 42.2 Å². The summed E-state index contributed by atoms with van der Waals surface area (Å²) in [7, 11) is 0. The molecule has 1 aromatic carbocycles. The van der Waals surface area contributed by atoms with Crippen LogP contribution in [-0.2, 0) is 4.79 Å². The molecule has 0 amide bonds. The van der Waals surface area contributed by atoms with Crippen LogP contribution in [0.3, 0.4) is 0 Å². The number of benzene rings is 1. The first kappa shape index (κ1) is 26.1. The van der Waals surface area contributed by atoms with Gasteiger partial charge in [-0.25, -0.2) is 17.7 Å². The van der Waals surface area contributed by atoms with Gasteiger partial charge < -0.3 is 9.90 Å². The van der Waals surface area contributed by atoms with Gasteiger partial charge in [0.2, 0.25) is 0 Å². The van der Waals surface area contributed by atoms with Crippen LogP contribution in [0.4, 0.5) is 0 Å². The van der Waals surface area contributed by atoms with Crippen LogP contribution in [0.25, 0.3) is 5.57 Å². The number of aliphatic hydroxyl groups is 1. The van der Waals surface area contributed by atoms with Gasteiger partial charge in [-0.05, 0) is 0 Å². The van der Waals surface area contributed by atoms with Crippen LogP contribution in [0.5, 0.6) is 0 Å². The maximum atomic E-state index is 10.2. The predicted octanol–water partition coefficient (Wildman–Crippen LogP) is 4.57. The summed E-state index contributed by atoms with van der Waals surface area (Å²) in [6.07, 6.45) is 2.32. The van der Waals surface area contributed by atoms with E-state index in [0.717, 1.165) is 6.26 Å². The zero-order valence-electron chi connectivity index (χ0n) is 12.2. The SMILES string of the molecule is CC.CC.CC.O=[C-]/C(=C\O)c1[c-]cccc1.[U+2]. The molecule has 0 aliphatic heterocycles. The fourth-order valence-electron chi connectivity index (χ4n) is 0.712. The maximum Gasteiger partial charge on any atom is 2.00 e. The maximum absolute atomic E-state index is 10.2. The average Bonchev–Trinajstić information content (AvgIpc) is 2.48. The van der Waals surface area contributed by atoms with Crippen molar-refractivity contribution in [1.29, 1.82) is 0 Å². The van der Waals surface area contributed by atoms with Crippen molar-refractivity contribution in [3.63, 3.8) is 0 Å². The molecule has 0 unspecified atom stereocenters. The monoisotopic (exact) mass is 474 g/mol. The van der Waals surface area contributed by atoms with Gasteiger partial charge in [0, 0.05) is 6.29 Å². The summed E-state index contributed by atoms with van der Waals surface area (Å²) in [5, 5.41) is 8.53. The van der Waals surface area contributed by atoms with Crippen molar-refractivity contribution in [1.82, 2.24) is 0 Å². The Morgan fingerprint density at radius 3 is 1.94 bits per heavy atom. The van der Waals surface area contributed by atoms with Crippen LogP contribution in [0.2, 0.25) is 0 Å². The summed E-state index contributed by atoms with van der Waals surface area (Å²) in [5.41, 5.74) is 0.663. The van der Waals surface area contributed by atoms with Crippen LogP contribution in [-0.4, -0.2) is 11.4 Å². The van der Waals surface area contributed by atoms with E-state index in [4.69, 9.17) is 5.11 Å². The third-order valence-electron chi connectivity index (χ3n) is 1.24. The molecule has 0 heterocycles. The Morgan fingerprint density at radius 2 is 1.67 bits per heavy atom. The van der Waals surface area contributed by atoms with Crippen LogP contribution in [0.1, 0.15) is 47.1 Å².